The van der Waals surface area contributed by atoms with Gasteiger partial charge in [-0.3, -0.25) is 0 Å². The van der Waals surface area contributed by atoms with Crippen LogP contribution >= 0.6 is 0 Å². The predicted molar refractivity (Wildman–Crippen MR) is 109 cm³/mol. The molecule has 4 heteroatoms. The number of hydrogen-bond acceptors (Lipinski definition) is 4. The first kappa shape index (κ1) is 17.3. The number of aryl methyl sites for hydroxylation is 1. The van der Waals surface area contributed by atoms with Crippen LogP contribution in [0, 0.1) is 0 Å². The lowest BCUT2D eigenvalue weighted by Crippen LogP contribution is -2.19. The molecule has 0 bridgehead atoms. The van der Waals surface area contributed by atoms with E-state index in [9.17, 15) is 0 Å². The van der Waals surface area contributed by atoms with Gasteiger partial charge in [0, 0.05) is 16.5 Å². The molecule has 27 heavy (non-hydrogen) atoms. The van der Waals surface area contributed by atoms with E-state index >= 15 is 0 Å². The van der Waals surface area contributed by atoms with Crippen molar-refractivity contribution in [2.45, 2.75) is 19.4 Å². The molecule has 0 amide bonds. The summed E-state index contributed by atoms with van der Waals surface area (Å²) in [7, 11) is 3.33. The topological polar surface area (TPSA) is 39.7 Å². The molecule has 0 fully saturated rings. The van der Waals surface area contributed by atoms with E-state index in [-0.39, 0.29) is 6.10 Å². The van der Waals surface area contributed by atoms with Crippen LogP contribution in [0.1, 0.15) is 29.7 Å². The van der Waals surface area contributed by atoms with Gasteiger partial charge in [-0.1, -0.05) is 43.3 Å². The van der Waals surface area contributed by atoms with Gasteiger partial charge in [-0.05, 0) is 36.1 Å². The monoisotopic (exact) mass is 361 g/mol. The van der Waals surface area contributed by atoms with Gasteiger partial charge in [-0.2, -0.15) is 0 Å². The first-order valence-corrected chi connectivity index (χ1v) is 9.05. The Hall–Kier alpha value is -3.14. The number of rotatable bonds is 4. The van der Waals surface area contributed by atoms with Crippen LogP contribution in [0.3, 0.4) is 0 Å². The molecule has 1 aliphatic heterocycles. The minimum atomic E-state index is -0.261. The first-order valence-electron chi connectivity index (χ1n) is 9.05. The Labute approximate surface area is 159 Å². The molecule has 0 aromatic heterocycles. The van der Waals surface area contributed by atoms with Gasteiger partial charge in [0.1, 0.15) is 0 Å². The summed E-state index contributed by atoms with van der Waals surface area (Å²) in [6, 6.07) is 16.7. The van der Waals surface area contributed by atoms with E-state index in [4.69, 9.17) is 14.2 Å². The molecule has 4 nitrogen and oxygen atoms in total. The van der Waals surface area contributed by atoms with Crippen LogP contribution in [0.4, 0.5) is 5.69 Å². The van der Waals surface area contributed by atoms with Crippen molar-refractivity contribution in [3.8, 4) is 11.5 Å². The normalized spacial score (nSPS) is 15.7. The van der Waals surface area contributed by atoms with E-state index in [0.29, 0.717) is 11.6 Å². The fourth-order valence-electron chi connectivity index (χ4n) is 3.75. The summed E-state index contributed by atoms with van der Waals surface area (Å²) in [5.41, 5.74) is 4.23. The van der Waals surface area contributed by atoms with E-state index in [1.54, 1.807) is 14.2 Å². The lowest BCUT2D eigenvalue weighted by molar-refractivity contribution is 0.148. The van der Waals surface area contributed by atoms with E-state index in [2.05, 4.69) is 49.2 Å². The zero-order valence-electron chi connectivity index (χ0n) is 15.8. The van der Waals surface area contributed by atoms with Crippen LogP contribution < -0.4 is 14.8 Å². The zero-order valence-corrected chi connectivity index (χ0v) is 15.8. The Bertz CT molecular complexity index is 1000. The van der Waals surface area contributed by atoms with Crippen molar-refractivity contribution < 1.29 is 14.2 Å². The second-order valence-corrected chi connectivity index (χ2v) is 6.57. The average Bonchev–Trinajstić information content (AvgIpc) is 2.71. The van der Waals surface area contributed by atoms with Gasteiger partial charge in [0.2, 0.25) is 0 Å². The lowest BCUT2D eigenvalue weighted by Gasteiger charge is -2.31. The minimum absolute atomic E-state index is 0.261. The Morgan fingerprint density at radius 1 is 1.07 bits per heavy atom. The van der Waals surface area contributed by atoms with Gasteiger partial charge < -0.3 is 19.5 Å². The van der Waals surface area contributed by atoms with E-state index in [1.165, 1.54) is 5.39 Å². The Morgan fingerprint density at radius 3 is 2.63 bits per heavy atom. The largest absolute Gasteiger partial charge is 0.493 e. The van der Waals surface area contributed by atoms with Gasteiger partial charge in [-0.25, -0.2) is 0 Å². The fraction of sp³-hybridized carbons (Fsp3) is 0.217. The summed E-state index contributed by atoms with van der Waals surface area (Å²) < 4.78 is 17.2. The highest BCUT2D eigenvalue weighted by atomic mass is 16.5. The molecule has 3 aromatic rings. The molecule has 0 saturated heterocycles. The van der Waals surface area contributed by atoms with Gasteiger partial charge >= 0.3 is 0 Å². The molecule has 1 N–H and O–H groups in total. The van der Waals surface area contributed by atoms with Crippen molar-refractivity contribution in [3.63, 3.8) is 0 Å². The summed E-state index contributed by atoms with van der Waals surface area (Å²) in [6.07, 6.45) is 0.576. The van der Waals surface area contributed by atoms with Crippen LogP contribution in [0.25, 0.3) is 10.8 Å². The molecule has 0 spiro atoms. The van der Waals surface area contributed by atoms with Crippen molar-refractivity contribution in [1.82, 2.24) is 0 Å². The van der Waals surface area contributed by atoms with E-state index in [0.717, 1.165) is 39.9 Å². The maximum atomic E-state index is 6.12. The molecule has 0 radical (unpaired) electrons. The highest BCUT2D eigenvalue weighted by Gasteiger charge is 2.28. The van der Waals surface area contributed by atoms with Gasteiger partial charge in [0.05, 0.1) is 19.9 Å². The van der Waals surface area contributed by atoms with E-state index < -0.39 is 0 Å². The third-order valence-electron chi connectivity index (χ3n) is 5.03. The molecule has 1 heterocycles. The first-order chi connectivity index (χ1) is 13.2. The standard InChI is InChI=1S/C23H23NO3/c1-5-15-12-17(13-20(25-3)23(15)26-4)22-19-11-10-16-8-6-7-9-18(16)21(19)24-14(2)27-22/h6-13,22,24H,2,5H2,1,3-4H3. The molecule has 138 valence electrons. The molecular weight excluding hydrogens is 338 g/mol. The smallest absolute Gasteiger partial charge is 0.184 e. The Kier molecular flexibility index (Phi) is 4.40. The minimum Gasteiger partial charge on any atom is -0.493 e. The third-order valence-corrected chi connectivity index (χ3v) is 5.03. The number of fused-ring (bicyclic) bond motifs is 3. The van der Waals surface area contributed by atoms with Crippen LogP contribution in [-0.4, -0.2) is 14.2 Å². The van der Waals surface area contributed by atoms with Crippen molar-refractivity contribution in [2.24, 2.45) is 0 Å². The maximum Gasteiger partial charge on any atom is 0.184 e. The average molecular weight is 361 g/mol. The van der Waals surface area contributed by atoms with Crippen molar-refractivity contribution in [2.75, 3.05) is 19.5 Å². The summed E-state index contributed by atoms with van der Waals surface area (Å²) in [5, 5.41) is 5.64. The van der Waals surface area contributed by atoms with Crippen molar-refractivity contribution >= 4 is 16.5 Å². The predicted octanol–water partition coefficient (Wildman–Crippen LogP) is 5.42. The highest BCUT2D eigenvalue weighted by Crippen LogP contribution is 2.44. The second-order valence-electron chi connectivity index (χ2n) is 6.57. The molecule has 3 aromatic carbocycles. The maximum absolute atomic E-state index is 6.12. The van der Waals surface area contributed by atoms with Crippen molar-refractivity contribution in [3.05, 3.63) is 77.7 Å². The van der Waals surface area contributed by atoms with Gasteiger partial charge in [-0.15, -0.1) is 0 Å². The molecule has 1 atom stereocenters. The molecule has 0 aliphatic carbocycles. The fourth-order valence-corrected chi connectivity index (χ4v) is 3.75. The quantitative estimate of drug-likeness (QED) is 0.673. The summed E-state index contributed by atoms with van der Waals surface area (Å²) in [5.74, 6) is 2.02. The van der Waals surface area contributed by atoms with Crippen LogP contribution in [-0.2, 0) is 11.2 Å². The molecule has 0 saturated carbocycles. The van der Waals surface area contributed by atoms with Gasteiger partial charge in [0.25, 0.3) is 0 Å². The van der Waals surface area contributed by atoms with Crippen LogP contribution in [0.5, 0.6) is 11.5 Å². The molecular formula is C23H23NO3. The SMILES string of the molecule is C=C1Nc2c(ccc3ccccc23)C(c2cc(CC)c(OC)c(OC)c2)O1. The highest BCUT2D eigenvalue weighted by molar-refractivity contribution is 5.96. The summed E-state index contributed by atoms with van der Waals surface area (Å²) in [4.78, 5) is 0. The van der Waals surface area contributed by atoms with E-state index in [1.807, 2.05) is 18.2 Å². The molecule has 4 rings (SSSR count). The number of hydrogen-bond donors (Lipinski definition) is 1. The number of ether oxygens (including phenoxy) is 3. The van der Waals surface area contributed by atoms with Crippen LogP contribution in [0.15, 0.2) is 61.0 Å². The summed E-state index contributed by atoms with van der Waals surface area (Å²) >= 11 is 0. The zero-order chi connectivity index (χ0) is 19.0. The van der Waals surface area contributed by atoms with Gasteiger partial charge in [0.15, 0.2) is 23.5 Å². The summed E-state index contributed by atoms with van der Waals surface area (Å²) in [6.45, 7) is 6.13. The second kappa shape index (κ2) is 6.88. The Balaban J connectivity index is 1.91. The molecule has 1 aliphatic rings. The molecule has 1 unspecified atom stereocenters. The number of nitrogens with one attached hydrogen (secondary N) is 1. The lowest BCUT2D eigenvalue weighted by atomic mass is 9.93. The number of methoxy groups -OCH3 is 2. The third kappa shape index (κ3) is 2.87. The number of benzene rings is 3. The Morgan fingerprint density at radius 2 is 1.89 bits per heavy atom. The van der Waals surface area contributed by atoms with Crippen molar-refractivity contribution in [1.29, 1.82) is 0 Å². The number of anilines is 1. The van der Waals surface area contributed by atoms with Crippen LogP contribution in [0.2, 0.25) is 0 Å².